The van der Waals surface area contributed by atoms with Crippen LogP contribution in [-0.4, -0.2) is 31.1 Å². The summed E-state index contributed by atoms with van der Waals surface area (Å²) in [5.74, 6) is -1.37. The average Bonchev–Trinajstić information content (AvgIpc) is 2.32. The van der Waals surface area contributed by atoms with Crippen molar-refractivity contribution in [3.05, 3.63) is 35.4 Å². The van der Waals surface area contributed by atoms with Gasteiger partial charge in [-0.1, -0.05) is 6.92 Å². The molecule has 0 bridgehead atoms. The van der Waals surface area contributed by atoms with Gasteiger partial charge in [-0.25, -0.2) is 8.78 Å². The Bertz CT molecular complexity index is 396. The van der Waals surface area contributed by atoms with E-state index in [1.165, 1.54) is 7.11 Å². The van der Waals surface area contributed by atoms with Crippen LogP contribution in [0.4, 0.5) is 8.78 Å². The molecule has 0 saturated carbocycles. The molecule has 0 heterocycles. The van der Waals surface area contributed by atoms with Crippen LogP contribution in [0.25, 0.3) is 0 Å². The minimum Gasteiger partial charge on any atom is -0.468 e. The monoisotopic (exact) mass is 243 g/mol. The van der Waals surface area contributed by atoms with Gasteiger partial charge < -0.3 is 4.74 Å². The van der Waals surface area contributed by atoms with Crippen LogP contribution in [0.15, 0.2) is 18.2 Å². The number of rotatable bonds is 5. The van der Waals surface area contributed by atoms with Crippen molar-refractivity contribution in [3.8, 4) is 0 Å². The highest BCUT2D eigenvalue weighted by molar-refractivity contribution is 5.71. The van der Waals surface area contributed by atoms with E-state index in [4.69, 9.17) is 0 Å². The highest BCUT2D eigenvalue weighted by Gasteiger charge is 2.12. The molecular weight excluding hydrogens is 228 g/mol. The second kappa shape index (κ2) is 6.30. The zero-order valence-electron chi connectivity index (χ0n) is 9.87. The molecule has 0 N–H and O–H groups in total. The van der Waals surface area contributed by atoms with Crippen molar-refractivity contribution < 1.29 is 18.3 Å². The molecule has 0 aliphatic heterocycles. The van der Waals surface area contributed by atoms with Gasteiger partial charge in [-0.05, 0) is 24.7 Å². The number of hydrogen-bond acceptors (Lipinski definition) is 3. The lowest BCUT2D eigenvalue weighted by Gasteiger charge is -2.19. The summed E-state index contributed by atoms with van der Waals surface area (Å²) in [6, 6.07) is 3.28. The first-order valence-electron chi connectivity index (χ1n) is 5.30. The molecule has 17 heavy (non-hydrogen) atoms. The van der Waals surface area contributed by atoms with Gasteiger partial charge in [0.25, 0.3) is 0 Å². The first-order chi connectivity index (χ1) is 8.06. The molecule has 0 aliphatic rings. The first kappa shape index (κ1) is 13.6. The Morgan fingerprint density at radius 2 is 2.12 bits per heavy atom. The van der Waals surface area contributed by atoms with E-state index in [1.54, 1.807) is 4.90 Å². The van der Waals surface area contributed by atoms with Crippen molar-refractivity contribution in [1.82, 2.24) is 4.90 Å². The number of benzene rings is 1. The third kappa shape index (κ3) is 4.11. The molecule has 0 fully saturated rings. The lowest BCUT2D eigenvalue weighted by atomic mass is 10.2. The molecule has 5 heteroatoms. The number of carbonyl (C=O) groups is 1. The number of methoxy groups -OCH3 is 1. The van der Waals surface area contributed by atoms with Crippen LogP contribution in [0.5, 0.6) is 0 Å². The smallest absolute Gasteiger partial charge is 0.319 e. The molecule has 1 rings (SSSR count). The second-order valence-electron chi connectivity index (χ2n) is 3.62. The number of hydrogen-bond donors (Lipinski definition) is 0. The Balaban J connectivity index is 2.73. The Hall–Kier alpha value is -1.49. The Morgan fingerprint density at radius 3 is 2.71 bits per heavy atom. The maximum Gasteiger partial charge on any atom is 0.319 e. The van der Waals surface area contributed by atoms with Crippen LogP contribution < -0.4 is 0 Å². The van der Waals surface area contributed by atoms with Crippen molar-refractivity contribution in [2.24, 2.45) is 0 Å². The van der Waals surface area contributed by atoms with E-state index in [0.29, 0.717) is 6.54 Å². The van der Waals surface area contributed by atoms with Crippen LogP contribution in [0, 0.1) is 11.6 Å². The zero-order chi connectivity index (χ0) is 12.8. The summed E-state index contributed by atoms with van der Waals surface area (Å²) >= 11 is 0. The van der Waals surface area contributed by atoms with Gasteiger partial charge in [-0.3, -0.25) is 9.69 Å². The predicted molar refractivity (Wildman–Crippen MR) is 59.3 cm³/mol. The summed E-state index contributed by atoms with van der Waals surface area (Å²) in [6.45, 7) is 2.61. The van der Waals surface area contributed by atoms with Gasteiger partial charge in [-0.2, -0.15) is 0 Å². The van der Waals surface area contributed by atoms with Crippen molar-refractivity contribution in [2.45, 2.75) is 13.5 Å². The molecule has 0 radical (unpaired) electrons. The van der Waals surface area contributed by atoms with Crippen molar-refractivity contribution in [1.29, 1.82) is 0 Å². The number of esters is 1. The molecule has 0 atom stereocenters. The van der Waals surface area contributed by atoms with Crippen molar-refractivity contribution in [3.63, 3.8) is 0 Å². The van der Waals surface area contributed by atoms with Gasteiger partial charge in [0, 0.05) is 12.1 Å². The molecule has 94 valence electrons. The molecule has 0 saturated heterocycles. The summed E-state index contributed by atoms with van der Waals surface area (Å²) in [7, 11) is 1.29. The predicted octanol–water partition coefficient (Wildman–Crippen LogP) is 1.96. The highest BCUT2D eigenvalue weighted by atomic mass is 19.1. The standard InChI is InChI=1S/C12H15F2NO2/c1-3-15(8-12(16)17-2)7-9-6-10(13)4-5-11(9)14/h4-6H,3,7-8H2,1-2H3. The summed E-state index contributed by atoms with van der Waals surface area (Å²) in [6.07, 6.45) is 0. The average molecular weight is 243 g/mol. The zero-order valence-corrected chi connectivity index (χ0v) is 9.87. The van der Waals surface area contributed by atoms with E-state index in [0.717, 1.165) is 18.2 Å². The molecule has 0 unspecified atom stereocenters. The number of carbonyl (C=O) groups excluding carboxylic acids is 1. The molecular formula is C12H15F2NO2. The van der Waals surface area contributed by atoms with E-state index in [2.05, 4.69) is 4.74 Å². The highest BCUT2D eigenvalue weighted by Crippen LogP contribution is 2.12. The molecule has 3 nitrogen and oxygen atoms in total. The molecule has 1 aromatic carbocycles. The van der Waals surface area contributed by atoms with Gasteiger partial charge >= 0.3 is 5.97 Å². The number of halogens is 2. The largest absolute Gasteiger partial charge is 0.468 e. The SMILES string of the molecule is CCN(CC(=O)OC)Cc1cc(F)ccc1F. The van der Waals surface area contributed by atoms with E-state index < -0.39 is 17.6 Å². The van der Waals surface area contributed by atoms with E-state index >= 15 is 0 Å². The maximum absolute atomic E-state index is 13.4. The van der Waals surface area contributed by atoms with Gasteiger partial charge in [-0.15, -0.1) is 0 Å². The van der Waals surface area contributed by atoms with Crippen LogP contribution in [0.1, 0.15) is 12.5 Å². The first-order valence-corrected chi connectivity index (χ1v) is 5.30. The fourth-order valence-electron chi connectivity index (χ4n) is 1.43. The van der Waals surface area contributed by atoms with Crippen LogP contribution in [0.2, 0.25) is 0 Å². The third-order valence-electron chi connectivity index (χ3n) is 2.43. The number of likely N-dealkylation sites (N-methyl/N-ethyl adjacent to an activating group) is 1. The fourth-order valence-corrected chi connectivity index (χ4v) is 1.43. The number of nitrogens with zero attached hydrogens (tertiary/aromatic N) is 1. The van der Waals surface area contributed by atoms with E-state index in [1.807, 2.05) is 6.92 Å². The van der Waals surface area contributed by atoms with Gasteiger partial charge in [0.1, 0.15) is 11.6 Å². The van der Waals surface area contributed by atoms with Crippen LogP contribution in [0.3, 0.4) is 0 Å². The molecule has 1 aromatic rings. The normalized spacial score (nSPS) is 10.6. The molecule has 0 aliphatic carbocycles. The van der Waals surface area contributed by atoms with Crippen LogP contribution >= 0.6 is 0 Å². The Morgan fingerprint density at radius 1 is 1.41 bits per heavy atom. The minimum atomic E-state index is -0.490. The second-order valence-corrected chi connectivity index (χ2v) is 3.62. The Kier molecular flexibility index (Phi) is 5.03. The van der Waals surface area contributed by atoms with Gasteiger partial charge in [0.05, 0.1) is 13.7 Å². The summed E-state index contributed by atoms with van der Waals surface area (Å²) in [4.78, 5) is 12.8. The molecule has 0 spiro atoms. The number of ether oxygens (including phenoxy) is 1. The lowest BCUT2D eigenvalue weighted by molar-refractivity contribution is -0.142. The van der Waals surface area contributed by atoms with E-state index in [9.17, 15) is 13.6 Å². The molecule has 0 aromatic heterocycles. The topological polar surface area (TPSA) is 29.5 Å². The minimum absolute atomic E-state index is 0.0585. The third-order valence-corrected chi connectivity index (χ3v) is 2.43. The summed E-state index contributed by atoms with van der Waals surface area (Å²) in [5.41, 5.74) is 0.232. The van der Waals surface area contributed by atoms with Gasteiger partial charge in [0.2, 0.25) is 0 Å². The van der Waals surface area contributed by atoms with Gasteiger partial charge in [0.15, 0.2) is 0 Å². The quantitative estimate of drug-likeness (QED) is 0.740. The fraction of sp³-hybridized carbons (Fsp3) is 0.417. The maximum atomic E-state index is 13.4. The molecule has 0 amide bonds. The van der Waals surface area contributed by atoms with Crippen molar-refractivity contribution >= 4 is 5.97 Å². The van der Waals surface area contributed by atoms with Crippen molar-refractivity contribution in [2.75, 3.05) is 20.2 Å². The van der Waals surface area contributed by atoms with E-state index in [-0.39, 0.29) is 18.7 Å². The Labute approximate surface area is 99.0 Å². The van der Waals surface area contributed by atoms with Crippen LogP contribution in [-0.2, 0) is 16.1 Å². The lowest BCUT2D eigenvalue weighted by Crippen LogP contribution is -2.30. The summed E-state index contributed by atoms with van der Waals surface area (Å²) in [5, 5.41) is 0. The summed E-state index contributed by atoms with van der Waals surface area (Å²) < 4.78 is 30.9.